The summed E-state index contributed by atoms with van der Waals surface area (Å²) in [4.78, 5) is 13.9. The Labute approximate surface area is 100 Å². The van der Waals surface area contributed by atoms with E-state index >= 15 is 0 Å². The van der Waals surface area contributed by atoms with Crippen LogP contribution in [0.2, 0.25) is 0 Å². The van der Waals surface area contributed by atoms with E-state index in [-0.39, 0.29) is 17.4 Å². The topological polar surface area (TPSA) is 20.3 Å². The fourth-order valence-corrected chi connectivity index (χ4v) is 1.55. The Kier molecular flexibility index (Phi) is 4.34. The van der Waals surface area contributed by atoms with Crippen LogP contribution in [0.5, 0.6) is 0 Å². The second kappa shape index (κ2) is 5.36. The Morgan fingerprint density at radius 1 is 1.24 bits per heavy atom. The van der Waals surface area contributed by atoms with Gasteiger partial charge in [0.1, 0.15) is 11.6 Å². The van der Waals surface area contributed by atoms with E-state index in [4.69, 9.17) is 0 Å². The Balaban J connectivity index is 2.96. The van der Waals surface area contributed by atoms with Crippen LogP contribution in [0, 0.1) is 11.6 Å². The van der Waals surface area contributed by atoms with Crippen molar-refractivity contribution in [2.24, 2.45) is 0 Å². The quantitative estimate of drug-likeness (QED) is 0.755. The molecule has 0 aliphatic heterocycles. The molecule has 0 aliphatic rings. The van der Waals surface area contributed by atoms with Crippen molar-refractivity contribution in [3.8, 4) is 0 Å². The van der Waals surface area contributed by atoms with E-state index in [2.05, 4.69) is 0 Å². The summed E-state index contributed by atoms with van der Waals surface area (Å²) in [5, 5.41) is 0. The Morgan fingerprint density at radius 2 is 1.82 bits per heavy atom. The highest BCUT2D eigenvalue weighted by molar-refractivity contribution is 6.00. The van der Waals surface area contributed by atoms with Crippen molar-refractivity contribution in [2.45, 2.75) is 32.9 Å². The number of ketones is 1. The molecule has 0 saturated heterocycles. The summed E-state index contributed by atoms with van der Waals surface area (Å²) in [7, 11) is 1.80. The molecular formula is C13H17F2NO. The van der Waals surface area contributed by atoms with Gasteiger partial charge >= 0.3 is 0 Å². The molecule has 0 saturated carbocycles. The van der Waals surface area contributed by atoms with Gasteiger partial charge in [0.2, 0.25) is 0 Å². The lowest BCUT2D eigenvalue weighted by Gasteiger charge is -2.27. The molecular weight excluding hydrogens is 224 g/mol. The van der Waals surface area contributed by atoms with Gasteiger partial charge in [-0.1, -0.05) is 0 Å². The van der Waals surface area contributed by atoms with Gasteiger partial charge in [0.25, 0.3) is 0 Å². The third-order valence-electron chi connectivity index (χ3n) is 3.00. The Hall–Kier alpha value is -1.29. The van der Waals surface area contributed by atoms with Crippen molar-refractivity contribution in [1.82, 2.24) is 4.90 Å². The maximum absolute atomic E-state index is 13.4. The molecule has 0 N–H and O–H groups in total. The van der Waals surface area contributed by atoms with Gasteiger partial charge in [-0.2, -0.15) is 0 Å². The van der Waals surface area contributed by atoms with Crippen molar-refractivity contribution in [2.75, 3.05) is 7.05 Å². The van der Waals surface area contributed by atoms with Crippen molar-refractivity contribution in [3.63, 3.8) is 0 Å². The first kappa shape index (κ1) is 13.8. The minimum atomic E-state index is -0.806. The van der Waals surface area contributed by atoms with Gasteiger partial charge in [0.15, 0.2) is 5.78 Å². The van der Waals surface area contributed by atoms with Crippen LogP contribution in [0.15, 0.2) is 18.2 Å². The predicted octanol–water partition coefficient (Wildman–Crippen LogP) is 2.88. The van der Waals surface area contributed by atoms with Gasteiger partial charge in [-0.15, -0.1) is 0 Å². The number of carbonyl (C=O) groups is 1. The molecule has 0 radical (unpaired) electrons. The zero-order chi connectivity index (χ0) is 13.2. The van der Waals surface area contributed by atoms with Gasteiger partial charge < -0.3 is 0 Å². The molecule has 0 spiro atoms. The lowest BCUT2D eigenvalue weighted by Crippen LogP contribution is -2.40. The number of carbonyl (C=O) groups excluding carboxylic acids is 1. The van der Waals surface area contributed by atoms with Crippen LogP contribution in [0.3, 0.4) is 0 Å². The normalized spacial score (nSPS) is 13.2. The maximum Gasteiger partial charge on any atom is 0.182 e. The predicted molar refractivity (Wildman–Crippen MR) is 63.0 cm³/mol. The molecule has 1 unspecified atom stereocenters. The van der Waals surface area contributed by atoms with E-state index in [0.29, 0.717) is 0 Å². The molecule has 17 heavy (non-hydrogen) atoms. The highest BCUT2D eigenvalue weighted by Gasteiger charge is 2.23. The van der Waals surface area contributed by atoms with Crippen molar-refractivity contribution < 1.29 is 13.6 Å². The third-order valence-corrected chi connectivity index (χ3v) is 3.00. The minimum absolute atomic E-state index is 0.0635. The fourth-order valence-electron chi connectivity index (χ4n) is 1.55. The second-order valence-corrected chi connectivity index (χ2v) is 4.42. The summed E-state index contributed by atoms with van der Waals surface area (Å²) in [6, 6.07) is 2.76. The average molecular weight is 241 g/mol. The standard InChI is InChI=1S/C13H17F2NO/c1-8(2)16(4)9(3)13(17)11-6-5-10(14)7-12(11)15/h5-9H,1-4H3. The first-order chi connectivity index (χ1) is 7.84. The smallest absolute Gasteiger partial charge is 0.182 e. The molecule has 1 atom stereocenters. The maximum atomic E-state index is 13.4. The highest BCUT2D eigenvalue weighted by Crippen LogP contribution is 2.15. The Bertz CT molecular complexity index is 418. The molecule has 0 fully saturated rings. The van der Waals surface area contributed by atoms with Gasteiger partial charge in [-0.05, 0) is 40.0 Å². The molecule has 0 aromatic heterocycles. The van der Waals surface area contributed by atoms with Crippen LogP contribution in [0.1, 0.15) is 31.1 Å². The van der Waals surface area contributed by atoms with Crippen LogP contribution in [0.4, 0.5) is 8.78 Å². The molecule has 1 aromatic carbocycles. The molecule has 2 nitrogen and oxygen atoms in total. The Morgan fingerprint density at radius 3 is 2.29 bits per heavy atom. The monoisotopic (exact) mass is 241 g/mol. The van der Waals surface area contributed by atoms with Crippen LogP contribution >= 0.6 is 0 Å². The van der Waals surface area contributed by atoms with Crippen LogP contribution < -0.4 is 0 Å². The van der Waals surface area contributed by atoms with Crippen molar-refractivity contribution >= 4 is 5.78 Å². The second-order valence-electron chi connectivity index (χ2n) is 4.42. The zero-order valence-electron chi connectivity index (χ0n) is 10.5. The number of nitrogens with zero attached hydrogens (tertiary/aromatic N) is 1. The lowest BCUT2D eigenvalue weighted by atomic mass is 10.0. The molecule has 0 bridgehead atoms. The molecule has 0 aliphatic carbocycles. The van der Waals surface area contributed by atoms with Gasteiger partial charge in [-0.25, -0.2) is 8.78 Å². The van der Waals surface area contributed by atoms with E-state index in [1.54, 1.807) is 14.0 Å². The highest BCUT2D eigenvalue weighted by atomic mass is 19.1. The van der Waals surface area contributed by atoms with Crippen molar-refractivity contribution in [3.05, 3.63) is 35.4 Å². The number of likely N-dealkylation sites (N-methyl/N-ethyl adjacent to an activating group) is 1. The van der Waals surface area contributed by atoms with Crippen molar-refractivity contribution in [1.29, 1.82) is 0 Å². The van der Waals surface area contributed by atoms with Crippen LogP contribution in [-0.2, 0) is 0 Å². The minimum Gasteiger partial charge on any atom is -0.294 e. The fraction of sp³-hybridized carbons (Fsp3) is 0.462. The molecule has 0 heterocycles. The lowest BCUT2D eigenvalue weighted by molar-refractivity contribution is 0.0832. The van der Waals surface area contributed by atoms with Gasteiger partial charge in [-0.3, -0.25) is 9.69 Å². The molecule has 1 rings (SSSR count). The molecule has 0 amide bonds. The SMILES string of the molecule is CC(C)N(C)C(C)C(=O)c1ccc(F)cc1F. The summed E-state index contributed by atoms with van der Waals surface area (Å²) >= 11 is 0. The first-order valence-corrected chi connectivity index (χ1v) is 5.55. The van der Waals surface area contributed by atoms with Gasteiger partial charge in [0.05, 0.1) is 11.6 Å². The van der Waals surface area contributed by atoms with E-state index < -0.39 is 17.7 Å². The molecule has 4 heteroatoms. The number of benzene rings is 1. The number of hydrogen-bond acceptors (Lipinski definition) is 2. The third kappa shape index (κ3) is 3.09. The number of Topliss-reactive ketones (excluding diaryl/α,β-unsaturated/α-hetero) is 1. The summed E-state index contributed by atoms with van der Waals surface area (Å²) in [6.45, 7) is 5.61. The largest absolute Gasteiger partial charge is 0.294 e. The van der Waals surface area contributed by atoms with E-state index in [9.17, 15) is 13.6 Å². The summed E-state index contributed by atoms with van der Waals surface area (Å²) < 4.78 is 26.2. The molecule has 94 valence electrons. The zero-order valence-corrected chi connectivity index (χ0v) is 10.5. The van der Waals surface area contributed by atoms with E-state index in [1.807, 2.05) is 18.7 Å². The number of rotatable bonds is 4. The van der Waals surface area contributed by atoms with Gasteiger partial charge in [0, 0.05) is 12.1 Å². The average Bonchev–Trinajstić information content (AvgIpc) is 2.26. The summed E-state index contributed by atoms with van der Waals surface area (Å²) in [5.41, 5.74) is -0.0635. The first-order valence-electron chi connectivity index (χ1n) is 5.55. The number of hydrogen-bond donors (Lipinski definition) is 0. The summed E-state index contributed by atoms with van der Waals surface area (Å²) in [5.74, 6) is -1.82. The van der Waals surface area contributed by atoms with Crippen LogP contribution in [-0.4, -0.2) is 29.8 Å². The summed E-state index contributed by atoms with van der Waals surface area (Å²) in [6.07, 6.45) is 0. The van der Waals surface area contributed by atoms with E-state index in [1.165, 1.54) is 6.07 Å². The molecule has 1 aromatic rings. The number of halogens is 2. The van der Waals surface area contributed by atoms with E-state index in [0.717, 1.165) is 12.1 Å². The van der Waals surface area contributed by atoms with Crippen LogP contribution in [0.25, 0.3) is 0 Å².